The lowest BCUT2D eigenvalue weighted by molar-refractivity contribution is -0.159. The van der Waals surface area contributed by atoms with Crippen LogP contribution in [0, 0.1) is 40.4 Å². The van der Waals surface area contributed by atoms with E-state index < -0.39 is 17.3 Å². The Bertz CT molecular complexity index is 734. The summed E-state index contributed by atoms with van der Waals surface area (Å²) in [5.41, 5.74) is 0.00970. The summed E-state index contributed by atoms with van der Waals surface area (Å²) in [5, 5.41) is 19.8. The van der Waals surface area contributed by atoms with Crippen molar-refractivity contribution in [1.29, 1.82) is 0 Å². The van der Waals surface area contributed by atoms with Gasteiger partial charge < -0.3 is 19.8 Å². The predicted molar refractivity (Wildman–Crippen MR) is 120 cm³/mol. The molecule has 5 aliphatic rings. The van der Waals surface area contributed by atoms with Crippen molar-refractivity contribution in [2.24, 2.45) is 40.4 Å². The average Bonchev–Trinajstić information content (AvgIpc) is 3.18. The number of aliphatic hydroxyl groups excluding tert-OH is 1. The molecular formula is C26H41NO5. The Morgan fingerprint density at radius 3 is 2.47 bits per heavy atom. The van der Waals surface area contributed by atoms with E-state index in [1.54, 1.807) is 4.90 Å². The summed E-state index contributed by atoms with van der Waals surface area (Å²) in [5.74, 6) is 1.37. The third kappa shape index (κ3) is 3.56. The Morgan fingerprint density at radius 2 is 1.72 bits per heavy atom. The van der Waals surface area contributed by atoms with E-state index in [2.05, 4.69) is 6.92 Å². The molecule has 5 fully saturated rings. The number of hydrogen-bond acceptors (Lipinski definition) is 4. The number of rotatable bonds is 3. The van der Waals surface area contributed by atoms with Crippen molar-refractivity contribution in [1.82, 2.24) is 4.90 Å². The van der Waals surface area contributed by atoms with Gasteiger partial charge in [0.05, 0.1) is 18.6 Å². The van der Waals surface area contributed by atoms with Crippen molar-refractivity contribution in [3.8, 4) is 0 Å². The normalized spacial score (nSPS) is 44.3. The zero-order valence-corrected chi connectivity index (χ0v) is 19.6. The number of nitrogens with zero attached hydrogens (tertiary/aromatic N) is 1. The fourth-order valence-electron chi connectivity index (χ4n) is 9.09. The molecule has 1 saturated heterocycles. The number of aliphatic carboxylic acids is 1. The molecule has 7 atom stereocenters. The Labute approximate surface area is 192 Å². The number of likely N-dealkylation sites (tertiary alicyclic amines) is 1. The smallest absolute Gasteiger partial charge is 0.409 e. The topological polar surface area (TPSA) is 87.1 Å². The van der Waals surface area contributed by atoms with Crippen LogP contribution in [0.4, 0.5) is 4.79 Å². The molecule has 32 heavy (non-hydrogen) atoms. The van der Waals surface area contributed by atoms with Gasteiger partial charge in [-0.05, 0) is 93.3 Å². The van der Waals surface area contributed by atoms with Crippen molar-refractivity contribution >= 4 is 12.1 Å². The summed E-state index contributed by atoms with van der Waals surface area (Å²) in [6.45, 7) is 3.82. The fraction of sp³-hybridized carbons (Fsp3) is 0.923. The zero-order chi connectivity index (χ0) is 22.5. The maximum atomic E-state index is 12.8. The number of piperidine rings is 1. The number of hydrogen-bond donors (Lipinski definition) is 2. The fourth-order valence-corrected chi connectivity index (χ4v) is 9.09. The number of carboxylic acid groups (broad SMARTS) is 1. The highest BCUT2D eigenvalue weighted by Crippen LogP contribution is 2.67. The van der Waals surface area contributed by atoms with Crippen molar-refractivity contribution in [2.45, 2.75) is 90.1 Å². The molecule has 0 aromatic rings. The van der Waals surface area contributed by atoms with Crippen LogP contribution in [-0.2, 0) is 9.53 Å². The number of aliphatic hydroxyl groups is 1. The number of fused-ring (bicyclic) bond motifs is 5. The molecule has 6 heteroatoms. The molecule has 5 rings (SSSR count). The largest absolute Gasteiger partial charge is 0.481 e. The second kappa shape index (κ2) is 8.48. The van der Waals surface area contributed by atoms with E-state index in [0.717, 1.165) is 31.6 Å². The molecular weight excluding hydrogens is 406 g/mol. The maximum absolute atomic E-state index is 12.8. The average molecular weight is 448 g/mol. The molecule has 0 bridgehead atoms. The quantitative estimate of drug-likeness (QED) is 0.655. The Kier molecular flexibility index (Phi) is 5.96. The van der Waals surface area contributed by atoms with Gasteiger partial charge in [0.25, 0.3) is 0 Å². The van der Waals surface area contributed by atoms with Crippen LogP contribution in [0.25, 0.3) is 0 Å². The van der Waals surface area contributed by atoms with Crippen LogP contribution in [-0.4, -0.2) is 53.0 Å². The van der Waals surface area contributed by atoms with Crippen LogP contribution in [0.5, 0.6) is 0 Å². The van der Waals surface area contributed by atoms with Gasteiger partial charge >= 0.3 is 12.1 Å². The van der Waals surface area contributed by atoms with Crippen molar-refractivity contribution in [3.63, 3.8) is 0 Å². The van der Waals surface area contributed by atoms with E-state index in [4.69, 9.17) is 4.74 Å². The first kappa shape index (κ1) is 22.5. The molecule has 1 heterocycles. The first-order valence-corrected chi connectivity index (χ1v) is 13.2. The van der Waals surface area contributed by atoms with Crippen LogP contribution in [0.15, 0.2) is 0 Å². The van der Waals surface area contributed by atoms with Gasteiger partial charge in [-0.1, -0.05) is 19.8 Å². The summed E-state index contributed by atoms with van der Waals surface area (Å²) >= 11 is 0. The van der Waals surface area contributed by atoms with Crippen molar-refractivity contribution in [2.75, 3.05) is 19.7 Å². The zero-order valence-electron chi connectivity index (χ0n) is 19.6. The minimum Gasteiger partial charge on any atom is -0.481 e. The minimum atomic E-state index is -0.708. The molecule has 2 N–H and O–H groups in total. The first-order chi connectivity index (χ1) is 15.3. The Hall–Kier alpha value is -1.30. The molecule has 4 aliphatic carbocycles. The van der Waals surface area contributed by atoms with Gasteiger partial charge in [-0.15, -0.1) is 0 Å². The van der Waals surface area contributed by atoms with Crippen LogP contribution < -0.4 is 0 Å². The lowest BCUT2D eigenvalue weighted by Gasteiger charge is -2.60. The SMILES string of the molecule is C[C@]12CCCCC1CC[C@H]1[C@@H]3CCC(C(=O)O)[C@@]3(COC(=O)N3CCC(O)CC3)CC[C@@H]12. The van der Waals surface area contributed by atoms with E-state index in [-0.39, 0.29) is 18.8 Å². The number of amides is 1. The van der Waals surface area contributed by atoms with Crippen LogP contribution >= 0.6 is 0 Å². The highest BCUT2D eigenvalue weighted by molar-refractivity contribution is 5.72. The van der Waals surface area contributed by atoms with E-state index in [1.165, 1.54) is 38.5 Å². The molecule has 4 saturated carbocycles. The Balaban J connectivity index is 1.35. The van der Waals surface area contributed by atoms with Crippen molar-refractivity contribution in [3.05, 3.63) is 0 Å². The summed E-state index contributed by atoms with van der Waals surface area (Å²) < 4.78 is 5.89. The minimum absolute atomic E-state index is 0.246. The third-order valence-electron chi connectivity index (χ3n) is 10.8. The van der Waals surface area contributed by atoms with E-state index in [0.29, 0.717) is 49.1 Å². The van der Waals surface area contributed by atoms with Crippen LogP contribution in [0.1, 0.15) is 84.0 Å². The van der Waals surface area contributed by atoms with Gasteiger partial charge in [0, 0.05) is 18.5 Å². The van der Waals surface area contributed by atoms with Gasteiger partial charge in [0.1, 0.15) is 0 Å². The number of ether oxygens (including phenoxy) is 1. The molecule has 180 valence electrons. The lowest BCUT2D eigenvalue weighted by Crippen LogP contribution is -2.55. The molecule has 2 unspecified atom stereocenters. The van der Waals surface area contributed by atoms with E-state index >= 15 is 0 Å². The Morgan fingerprint density at radius 1 is 0.938 bits per heavy atom. The van der Waals surface area contributed by atoms with Gasteiger partial charge in [-0.2, -0.15) is 0 Å². The van der Waals surface area contributed by atoms with E-state index in [9.17, 15) is 19.8 Å². The van der Waals surface area contributed by atoms with Gasteiger partial charge in [-0.25, -0.2) is 4.79 Å². The van der Waals surface area contributed by atoms with Gasteiger partial charge in [-0.3, -0.25) is 4.79 Å². The molecule has 6 nitrogen and oxygen atoms in total. The maximum Gasteiger partial charge on any atom is 0.409 e. The molecule has 0 radical (unpaired) electrons. The summed E-state index contributed by atoms with van der Waals surface area (Å²) in [6, 6.07) is 0. The van der Waals surface area contributed by atoms with Crippen LogP contribution in [0.2, 0.25) is 0 Å². The predicted octanol–water partition coefficient (Wildman–Crippen LogP) is 4.69. The molecule has 0 aromatic heterocycles. The summed E-state index contributed by atoms with van der Waals surface area (Å²) in [4.78, 5) is 26.8. The number of carboxylic acids is 1. The highest BCUT2D eigenvalue weighted by atomic mass is 16.6. The molecule has 1 amide bonds. The van der Waals surface area contributed by atoms with Crippen molar-refractivity contribution < 1.29 is 24.5 Å². The van der Waals surface area contributed by atoms with Crippen LogP contribution in [0.3, 0.4) is 0 Å². The van der Waals surface area contributed by atoms with Gasteiger partial charge in [0.15, 0.2) is 0 Å². The first-order valence-electron chi connectivity index (χ1n) is 13.2. The summed E-state index contributed by atoms with van der Waals surface area (Å²) in [6.07, 6.45) is 12.1. The second-order valence-corrected chi connectivity index (χ2v) is 11.9. The molecule has 0 aromatic carbocycles. The number of carbonyl (C=O) groups is 2. The highest BCUT2D eigenvalue weighted by Gasteiger charge is 2.63. The summed E-state index contributed by atoms with van der Waals surface area (Å²) in [7, 11) is 0. The monoisotopic (exact) mass is 447 g/mol. The second-order valence-electron chi connectivity index (χ2n) is 11.9. The molecule has 1 aliphatic heterocycles. The van der Waals surface area contributed by atoms with Gasteiger partial charge in [0.2, 0.25) is 0 Å². The lowest BCUT2D eigenvalue weighted by atomic mass is 9.44. The third-order valence-corrected chi connectivity index (χ3v) is 10.8. The number of carbonyl (C=O) groups excluding carboxylic acids is 1. The molecule has 0 spiro atoms. The standard InChI is InChI=1S/C26H41NO5/c1-25-12-3-2-4-17(25)5-6-19-20(25)9-13-26(21(19)7-8-22(26)23(29)30)16-32-24(31)27-14-10-18(28)11-15-27/h17-22,28H,2-16H2,1H3,(H,29,30)/t17?,19-,20+,21+,22?,25+,26-/m1/s1. The van der Waals surface area contributed by atoms with E-state index in [1.807, 2.05) is 0 Å².